The zero-order chi connectivity index (χ0) is 20.4. The number of rotatable bonds is 5. The lowest BCUT2D eigenvalue weighted by Crippen LogP contribution is -2.07. The Morgan fingerprint density at radius 1 is 1.14 bits per heavy atom. The molecule has 2 aromatic carbocycles. The highest BCUT2D eigenvalue weighted by Gasteiger charge is 2.16. The second kappa shape index (κ2) is 7.47. The van der Waals surface area contributed by atoms with Gasteiger partial charge in [-0.15, -0.1) is 10.2 Å². The van der Waals surface area contributed by atoms with Crippen molar-refractivity contribution in [3.8, 4) is 11.5 Å². The average Bonchev–Trinajstić information content (AvgIpc) is 3.20. The molecule has 0 unspecified atom stereocenters. The fourth-order valence-electron chi connectivity index (χ4n) is 2.84. The number of nitro benzene ring substituents is 1. The molecule has 0 aliphatic carbocycles. The van der Waals surface area contributed by atoms with Crippen molar-refractivity contribution in [2.24, 2.45) is 0 Å². The van der Waals surface area contributed by atoms with E-state index in [2.05, 4.69) is 15.2 Å². The van der Waals surface area contributed by atoms with Gasteiger partial charge in [-0.1, -0.05) is 18.2 Å². The summed E-state index contributed by atoms with van der Waals surface area (Å²) in [5.41, 5.74) is 2.30. The van der Waals surface area contributed by atoms with Crippen LogP contribution in [0.25, 0.3) is 22.4 Å². The van der Waals surface area contributed by atoms with Crippen LogP contribution in [0.15, 0.2) is 59.0 Å². The third kappa shape index (κ3) is 3.79. The summed E-state index contributed by atoms with van der Waals surface area (Å²) in [7, 11) is 0. The number of pyridine rings is 1. The Labute approximate surface area is 164 Å². The number of hydrogen-bond acceptors (Lipinski definition) is 8. The van der Waals surface area contributed by atoms with E-state index in [-0.39, 0.29) is 24.1 Å². The van der Waals surface area contributed by atoms with Crippen LogP contribution in [0.5, 0.6) is 0 Å². The number of esters is 1. The maximum absolute atomic E-state index is 12.6. The molecule has 0 saturated carbocycles. The highest BCUT2D eigenvalue weighted by molar-refractivity contribution is 6.03. The number of nitro groups is 1. The van der Waals surface area contributed by atoms with Gasteiger partial charge in [-0.25, -0.2) is 4.79 Å². The molecule has 0 amide bonds. The number of ether oxygens (including phenoxy) is 1. The summed E-state index contributed by atoms with van der Waals surface area (Å²) < 4.78 is 10.8. The van der Waals surface area contributed by atoms with Gasteiger partial charge in [0.25, 0.3) is 11.6 Å². The average molecular weight is 390 g/mol. The fraction of sp³-hybridized carbons (Fsp3) is 0.100. The standard InChI is InChI=1S/C20H14N4O5/c1-12-10-16(15-4-2-3-5-17(15)21-12)20(25)28-11-18-22-23-19(29-18)13-6-8-14(9-7-13)24(26)27/h2-10H,11H2,1H3. The van der Waals surface area contributed by atoms with E-state index in [1.54, 1.807) is 19.1 Å². The van der Waals surface area contributed by atoms with Gasteiger partial charge in [0.05, 0.1) is 16.0 Å². The van der Waals surface area contributed by atoms with Crippen molar-refractivity contribution in [1.82, 2.24) is 15.2 Å². The number of carbonyl (C=O) groups is 1. The van der Waals surface area contributed by atoms with Gasteiger partial charge in [0, 0.05) is 28.8 Å². The maximum atomic E-state index is 12.6. The van der Waals surface area contributed by atoms with Crippen LogP contribution in [0.3, 0.4) is 0 Å². The predicted octanol–water partition coefficient (Wildman–Crippen LogP) is 3.86. The second-order valence-electron chi connectivity index (χ2n) is 6.21. The monoisotopic (exact) mass is 390 g/mol. The van der Waals surface area contributed by atoms with Crippen LogP contribution < -0.4 is 0 Å². The lowest BCUT2D eigenvalue weighted by Gasteiger charge is -2.07. The van der Waals surface area contributed by atoms with Crippen molar-refractivity contribution in [2.45, 2.75) is 13.5 Å². The van der Waals surface area contributed by atoms with E-state index < -0.39 is 10.9 Å². The van der Waals surface area contributed by atoms with E-state index in [0.29, 0.717) is 27.7 Å². The van der Waals surface area contributed by atoms with Crippen LogP contribution in [0.1, 0.15) is 21.9 Å². The second-order valence-corrected chi connectivity index (χ2v) is 6.21. The summed E-state index contributed by atoms with van der Waals surface area (Å²) in [6.07, 6.45) is 0. The van der Waals surface area contributed by atoms with Crippen LogP contribution in [-0.4, -0.2) is 26.1 Å². The van der Waals surface area contributed by atoms with Gasteiger partial charge in [0.2, 0.25) is 5.89 Å². The van der Waals surface area contributed by atoms with E-state index in [0.717, 1.165) is 0 Å². The Bertz CT molecular complexity index is 1220. The molecule has 0 fully saturated rings. The summed E-state index contributed by atoms with van der Waals surface area (Å²) in [4.78, 5) is 27.2. The fourth-order valence-corrected chi connectivity index (χ4v) is 2.84. The Kier molecular flexibility index (Phi) is 4.70. The third-order valence-corrected chi connectivity index (χ3v) is 4.18. The molecule has 29 heavy (non-hydrogen) atoms. The summed E-state index contributed by atoms with van der Waals surface area (Å²) in [6, 6.07) is 14.7. The quantitative estimate of drug-likeness (QED) is 0.286. The van der Waals surface area contributed by atoms with E-state index >= 15 is 0 Å². The van der Waals surface area contributed by atoms with Crippen LogP contribution in [0, 0.1) is 17.0 Å². The molecule has 0 aliphatic heterocycles. The molecule has 144 valence electrons. The van der Waals surface area contributed by atoms with Gasteiger partial charge in [-0.05, 0) is 31.2 Å². The zero-order valence-corrected chi connectivity index (χ0v) is 15.2. The van der Waals surface area contributed by atoms with E-state index in [1.165, 1.54) is 24.3 Å². The first kappa shape index (κ1) is 18.2. The first-order chi connectivity index (χ1) is 14.0. The van der Waals surface area contributed by atoms with E-state index in [4.69, 9.17) is 9.15 Å². The summed E-state index contributed by atoms with van der Waals surface area (Å²) in [5, 5.41) is 19.2. The van der Waals surface area contributed by atoms with Crippen LogP contribution in [-0.2, 0) is 11.3 Å². The molecule has 9 nitrogen and oxygen atoms in total. The minimum Gasteiger partial charge on any atom is -0.452 e. The minimum absolute atomic E-state index is 0.0395. The summed E-state index contributed by atoms with van der Waals surface area (Å²) >= 11 is 0. The number of fused-ring (bicyclic) bond motifs is 1. The number of nitrogens with zero attached hydrogens (tertiary/aromatic N) is 4. The molecule has 2 aromatic heterocycles. The Morgan fingerprint density at radius 2 is 1.90 bits per heavy atom. The Morgan fingerprint density at radius 3 is 2.66 bits per heavy atom. The highest BCUT2D eigenvalue weighted by atomic mass is 16.6. The van der Waals surface area contributed by atoms with E-state index in [9.17, 15) is 14.9 Å². The number of carbonyl (C=O) groups excluding carboxylic acids is 1. The molecule has 9 heteroatoms. The first-order valence-corrected chi connectivity index (χ1v) is 8.62. The normalized spacial score (nSPS) is 10.8. The first-order valence-electron chi connectivity index (χ1n) is 8.62. The van der Waals surface area contributed by atoms with Gasteiger partial charge in [-0.3, -0.25) is 15.1 Å². The molecule has 4 aromatic rings. The molecule has 2 heterocycles. The molecule has 0 N–H and O–H groups in total. The number of benzene rings is 2. The van der Waals surface area contributed by atoms with Crippen LogP contribution in [0.2, 0.25) is 0 Å². The Balaban J connectivity index is 1.49. The molecule has 0 spiro atoms. The van der Waals surface area contributed by atoms with Crippen molar-refractivity contribution in [3.63, 3.8) is 0 Å². The zero-order valence-electron chi connectivity index (χ0n) is 15.2. The minimum atomic E-state index is -0.526. The number of para-hydroxylation sites is 1. The molecular formula is C20H14N4O5. The van der Waals surface area contributed by atoms with Gasteiger partial charge in [0.15, 0.2) is 6.61 Å². The molecule has 4 rings (SSSR count). The molecule has 0 atom stereocenters. The van der Waals surface area contributed by atoms with Gasteiger partial charge >= 0.3 is 5.97 Å². The van der Waals surface area contributed by atoms with Crippen molar-refractivity contribution >= 4 is 22.6 Å². The SMILES string of the molecule is Cc1cc(C(=O)OCc2nnc(-c3ccc([N+](=O)[O-])cc3)o2)c2ccccc2n1. The number of aryl methyl sites for hydroxylation is 1. The highest BCUT2D eigenvalue weighted by Crippen LogP contribution is 2.22. The lowest BCUT2D eigenvalue weighted by molar-refractivity contribution is -0.384. The largest absolute Gasteiger partial charge is 0.452 e. The third-order valence-electron chi connectivity index (χ3n) is 4.18. The molecular weight excluding hydrogens is 376 g/mol. The molecule has 0 bridgehead atoms. The van der Waals surface area contributed by atoms with Crippen LogP contribution in [0.4, 0.5) is 5.69 Å². The topological polar surface area (TPSA) is 121 Å². The van der Waals surface area contributed by atoms with Gasteiger partial charge in [0.1, 0.15) is 0 Å². The smallest absolute Gasteiger partial charge is 0.339 e. The molecule has 0 radical (unpaired) electrons. The summed E-state index contributed by atoms with van der Waals surface area (Å²) in [5.74, 6) is -0.236. The van der Waals surface area contributed by atoms with E-state index in [1.807, 2.05) is 18.2 Å². The maximum Gasteiger partial charge on any atom is 0.339 e. The predicted molar refractivity (Wildman–Crippen MR) is 102 cm³/mol. The van der Waals surface area contributed by atoms with Crippen LogP contribution >= 0.6 is 0 Å². The lowest BCUT2D eigenvalue weighted by atomic mass is 10.1. The number of aromatic nitrogens is 3. The van der Waals surface area contributed by atoms with Crippen molar-refractivity contribution in [2.75, 3.05) is 0 Å². The van der Waals surface area contributed by atoms with Crippen molar-refractivity contribution < 1.29 is 18.9 Å². The van der Waals surface area contributed by atoms with Crippen molar-refractivity contribution in [3.05, 3.63) is 81.9 Å². The summed E-state index contributed by atoms with van der Waals surface area (Å²) in [6.45, 7) is 1.60. The number of non-ortho nitro benzene ring substituents is 1. The van der Waals surface area contributed by atoms with Gasteiger partial charge < -0.3 is 9.15 Å². The van der Waals surface area contributed by atoms with Gasteiger partial charge in [-0.2, -0.15) is 0 Å². The number of hydrogen-bond donors (Lipinski definition) is 0. The Hall–Kier alpha value is -4.14. The van der Waals surface area contributed by atoms with Crippen molar-refractivity contribution in [1.29, 1.82) is 0 Å². The molecule has 0 saturated heterocycles. The molecule has 0 aliphatic rings.